The molecule has 1 saturated heterocycles. The molecule has 0 unspecified atom stereocenters. The topological polar surface area (TPSA) is 82.6 Å². The number of likely N-dealkylation sites (N-methyl/N-ethyl adjacent to an activating group) is 1. The van der Waals surface area contributed by atoms with Gasteiger partial charge in [-0.2, -0.15) is 0 Å². The van der Waals surface area contributed by atoms with E-state index in [0.29, 0.717) is 12.5 Å². The predicted octanol–water partition coefficient (Wildman–Crippen LogP) is 4.93. The zero-order valence-corrected chi connectivity index (χ0v) is 21.7. The first-order chi connectivity index (χ1) is 18.6. The monoisotopic (exact) mass is 508 g/mol. The Morgan fingerprint density at radius 2 is 1.87 bits per heavy atom. The number of rotatable bonds is 8. The van der Waals surface area contributed by atoms with E-state index in [1.54, 1.807) is 6.08 Å². The summed E-state index contributed by atoms with van der Waals surface area (Å²) >= 11 is 0. The summed E-state index contributed by atoms with van der Waals surface area (Å²) in [5.74, 6) is 0.371. The molecule has 1 fully saturated rings. The third kappa shape index (κ3) is 6.16. The molecule has 1 aromatic heterocycles. The van der Waals surface area contributed by atoms with Gasteiger partial charge >= 0.3 is 0 Å². The molecule has 0 aliphatic carbocycles. The summed E-state index contributed by atoms with van der Waals surface area (Å²) in [5.41, 5.74) is 5.56. The van der Waals surface area contributed by atoms with Gasteiger partial charge in [0.25, 0.3) is 0 Å². The van der Waals surface area contributed by atoms with Crippen LogP contribution in [-0.2, 0) is 9.53 Å². The van der Waals surface area contributed by atoms with E-state index in [-0.39, 0.29) is 5.91 Å². The third-order valence-corrected chi connectivity index (χ3v) is 6.29. The van der Waals surface area contributed by atoms with Crippen molar-refractivity contribution in [1.82, 2.24) is 14.9 Å². The minimum absolute atomic E-state index is 0.158. The molecule has 0 radical (unpaired) electrons. The number of aromatic nitrogens is 2. The lowest BCUT2D eigenvalue weighted by molar-refractivity contribution is -0.111. The van der Waals surface area contributed by atoms with Crippen LogP contribution >= 0.6 is 0 Å². The fourth-order valence-electron chi connectivity index (χ4n) is 4.45. The maximum absolute atomic E-state index is 12.4. The Morgan fingerprint density at radius 3 is 2.71 bits per heavy atom. The van der Waals surface area contributed by atoms with Crippen LogP contribution in [0, 0.1) is 0 Å². The van der Waals surface area contributed by atoms with Gasteiger partial charge in [0.05, 0.1) is 30.1 Å². The number of carbonyl (C=O) groups is 1. The van der Waals surface area contributed by atoms with Crippen LogP contribution in [0.15, 0.2) is 85.1 Å². The number of para-hydroxylation sites is 3. The summed E-state index contributed by atoms with van der Waals surface area (Å²) in [6.45, 7) is 3.84. The maximum atomic E-state index is 12.4. The van der Waals surface area contributed by atoms with Gasteiger partial charge in [0.15, 0.2) is 0 Å². The lowest BCUT2D eigenvalue weighted by Gasteiger charge is -2.30. The van der Waals surface area contributed by atoms with Crippen molar-refractivity contribution in [3.05, 3.63) is 85.1 Å². The molecule has 2 N–H and O–H groups in total. The Kier molecular flexibility index (Phi) is 7.92. The van der Waals surface area contributed by atoms with Crippen molar-refractivity contribution in [1.29, 1.82) is 0 Å². The van der Waals surface area contributed by atoms with E-state index in [1.807, 2.05) is 91.9 Å². The molecule has 3 aromatic carbocycles. The first-order valence-electron chi connectivity index (χ1n) is 12.7. The van der Waals surface area contributed by atoms with Crippen molar-refractivity contribution in [3.63, 3.8) is 0 Å². The molecule has 194 valence electrons. The molecule has 0 bridgehead atoms. The average molecular weight is 509 g/mol. The SMILES string of the molecule is CN(C)C/C=C/C(=O)Nc1cccc(-c2cccc3cnc(Nc4ccccc4N4CCOCC4)nc23)c1. The van der Waals surface area contributed by atoms with Crippen LogP contribution in [0.2, 0.25) is 0 Å². The zero-order valence-electron chi connectivity index (χ0n) is 21.7. The first-order valence-corrected chi connectivity index (χ1v) is 12.7. The molecule has 1 aliphatic heterocycles. The van der Waals surface area contributed by atoms with Gasteiger partial charge < -0.3 is 25.2 Å². The maximum Gasteiger partial charge on any atom is 0.248 e. The number of hydrogen-bond acceptors (Lipinski definition) is 7. The molecule has 0 atom stereocenters. The van der Waals surface area contributed by atoms with Crippen LogP contribution in [0.5, 0.6) is 0 Å². The number of benzene rings is 3. The van der Waals surface area contributed by atoms with E-state index in [4.69, 9.17) is 9.72 Å². The number of anilines is 4. The summed E-state index contributed by atoms with van der Waals surface area (Å²) in [4.78, 5) is 26.2. The van der Waals surface area contributed by atoms with Crippen molar-refractivity contribution in [2.75, 3.05) is 62.5 Å². The minimum atomic E-state index is -0.158. The van der Waals surface area contributed by atoms with E-state index in [1.165, 1.54) is 0 Å². The Hall–Kier alpha value is -4.27. The zero-order chi connectivity index (χ0) is 26.3. The van der Waals surface area contributed by atoms with Crippen molar-refractivity contribution >= 4 is 39.8 Å². The molecule has 2 heterocycles. The molecule has 4 aromatic rings. The highest BCUT2D eigenvalue weighted by molar-refractivity contribution is 6.00. The summed E-state index contributed by atoms with van der Waals surface area (Å²) < 4.78 is 5.52. The van der Waals surface area contributed by atoms with Gasteiger partial charge in [0, 0.05) is 48.5 Å². The Labute approximate surface area is 223 Å². The van der Waals surface area contributed by atoms with Crippen LogP contribution in [0.3, 0.4) is 0 Å². The lowest BCUT2D eigenvalue weighted by atomic mass is 10.0. The van der Waals surface area contributed by atoms with Crippen LogP contribution in [0.25, 0.3) is 22.0 Å². The number of ether oxygens (including phenoxy) is 1. The minimum Gasteiger partial charge on any atom is -0.378 e. The molecule has 38 heavy (non-hydrogen) atoms. The highest BCUT2D eigenvalue weighted by Gasteiger charge is 2.16. The standard InChI is InChI=1S/C30H32N6O2/c1-35(2)15-7-14-28(37)32-24-10-5-8-22(20-24)25-11-6-9-23-21-31-30(34-29(23)25)33-26-12-3-4-13-27(26)36-16-18-38-19-17-36/h3-14,20-21H,15-19H2,1-2H3,(H,32,37)(H,31,33,34)/b14-7+. The van der Waals surface area contributed by atoms with Gasteiger partial charge in [0.1, 0.15) is 0 Å². The van der Waals surface area contributed by atoms with E-state index in [9.17, 15) is 4.79 Å². The Bertz CT molecular complexity index is 1450. The van der Waals surface area contributed by atoms with E-state index in [0.717, 1.165) is 65.4 Å². The molecule has 8 heteroatoms. The van der Waals surface area contributed by atoms with E-state index in [2.05, 4.69) is 26.6 Å². The Morgan fingerprint density at radius 1 is 1.05 bits per heavy atom. The van der Waals surface area contributed by atoms with Crippen molar-refractivity contribution in [2.24, 2.45) is 0 Å². The molecule has 0 spiro atoms. The van der Waals surface area contributed by atoms with Crippen LogP contribution in [0.1, 0.15) is 0 Å². The highest BCUT2D eigenvalue weighted by atomic mass is 16.5. The third-order valence-electron chi connectivity index (χ3n) is 6.29. The van der Waals surface area contributed by atoms with Crippen molar-refractivity contribution in [2.45, 2.75) is 0 Å². The first kappa shape index (κ1) is 25.4. The molecule has 1 aliphatic rings. The van der Waals surface area contributed by atoms with E-state index < -0.39 is 0 Å². The van der Waals surface area contributed by atoms with Crippen molar-refractivity contribution < 1.29 is 9.53 Å². The Balaban J connectivity index is 1.41. The second kappa shape index (κ2) is 11.9. The largest absolute Gasteiger partial charge is 0.378 e. The number of hydrogen-bond donors (Lipinski definition) is 2. The molecular weight excluding hydrogens is 476 g/mol. The van der Waals surface area contributed by atoms with Crippen molar-refractivity contribution in [3.8, 4) is 11.1 Å². The number of nitrogens with zero attached hydrogens (tertiary/aromatic N) is 4. The lowest BCUT2D eigenvalue weighted by Crippen LogP contribution is -2.36. The van der Waals surface area contributed by atoms with Gasteiger partial charge in [-0.25, -0.2) is 9.97 Å². The summed E-state index contributed by atoms with van der Waals surface area (Å²) in [6.07, 6.45) is 5.24. The summed E-state index contributed by atoms with van der Waals surface area (Å²) in [6, 6.07) is 22.1. The molecule has 8 nitrogen and oxygen atoms in total. The summed E-state index contributed by atoms with van der Waals surface area (Å²) in [5, 5.41) is 7.33. The fourth-order valence-corrected chi connectivity index (χ4v) is 4.45. The second-order valence-electron chi connectivity index (χ2n) is 9.41. The number of nitrogens with one attached hydrogen (secondary N) is 2. The van der Waals surface area contributed by atoms with Crippen LogP contribution < -0.4 is 15.5 Å². The van der Waals surface area contributed by atoms with E-state index >= 15 is 0 Å². The van der Waals surface area contributed by atoms with Gasteiger partial charge in [-0.05, 0) is 43.9 Å². The normalized spacial score (nSPS) is 13.8. The molecule has 0 saturated carbocycles. The van der Waals surface area contributed by atoms with Gasteiger partial charge in [-0.15, -0.1) is 0 Å². The summed E-state index contributed by atoms with van der Waals surface area (Å²) in [7, 11) is 3.92. The van der Waals surface area contributed by atoms with Gasteiger partial charge in [-0.1, -0.05) is 48.5 Å². The smallest absolute Gasteiger partial charge is 0.248 e. The van der Waals surface area contributed by atoms with Crippen LogP contribution in [0.4, 0.5) is 23.0 Å². The number of fused-ring (bicyclic) bond motifs is 1. The van der Waals surface area contributed by atoms with Crippen LogP contribution in [-0.4, -0.2) is 67.7 Å². The van der Waals surface area contributed by atoms with Gasteiger partial charge in [0.2, 0.25) is 11.9 Å². The van der Waals surface area contributed by atoms with Gasteiger partial charge in [-0.3, -0.25) is 4.79 Å². The predicted molar refractivity (Wildman–Crippen MR) is 154 cm³/mol. The fraction of sp³-hybridized carbons (Fsp3) is 0.233. The molecular formula is C30H32N6O2. The number of amides is 1. The average Bonchev–Trinajstić information content (AvgIpc) is 2.93. The molecule has 1 amide bonds. The number of carbonyl (C=O) groups excluding carboxylic acids is 1. The highest BCUT2D eigenvalue weighted by Crippen LogP contribution is 2.32. The molecule has 5 rings (SSSR count). The quantitative estimate of drug-likeness (QED) is 0.327. The number of morpholine rings is 1. The second-order valence-corrected chi connectivity index (χ2v) is 9.41.